The third kappa shape index (κ3) is 3.75. The van der Waals surface area contributed by atoms with Gasteiger partial charge in [-0.15, -0.1) is 0 Å². The number of nitrogens with zero attached hydrogens (tertiary/aromatic N) is 2. The van der Waals surface area contributed by atoms with E-state index in [1.165, 1.54) is 35.0 Å². The van der Waals surface area contributed by atoms with E-state index in [2.05, 4.69) is 9.82 Å². The molecule has 1 aliphatic rings. The summed E-state index contributed by atoms with van der Waals surface area (Å²) in [6.07, 6.45) is 1.37. The lowest BCUT2D eigenvalue weighted by Gasteiger charge is -2.13. The number of hydrogen-bond acceptors (Lipinski definition) is 5. The molecule has 1 N–H and O–H groups in total. The molecule has 1 aliphatic heterocycles. The van der Waals surface area contributed by atoms with Gasteiger partial charge in [0.1, 0.15) is 11.6 Å². The van der Waals surface area contributed by atoms with Crippen molar-refractivity contribution in [3.05, 3.63) is 36.1 Å². The second kappa shape index (κ2) is 5.85. The predicted octanol–water partition coefficient (Wildman–Crippen LogP) is 1.42. The fourth-order valence-electron chi connectivity index (χ4n) is 2.67. The summed E-state index contributed by atoms with van der Waals surface area (Å²) in [5.41, 5.74) is 1.04. The topological polar surface area (TPSA) is 98.1 Å². The van der Waals surface area contributed by atoms with Crippen LogP contribution in [0.2, 0.25) is 0 Å². The summed E-state index contributed by atoms with van der Waals surface area (Å²) in [5.74, 6) is -0.244. The molecule has 0 amide bonds. The van der Waals surface area contributed by atoms with E-state index in [1.807, 2.05) is 0 Å². The third-order valence-corrected chi connectivity index (χ3v) is 6.05. The average molecular weight is 373 g/mol. The van der Waals surface area contributed by atoms with Crippen LogP contribution in [0.15, 0.2) is 30.3 Å². The highest BCUT2D eigenvalue weighted by molar-refractivity contribution is 7.92. The van der Waals surface area contributed by atoms with Crippen LogP contribution in [0.3, 0.4) is 0 Å². The molecule has 1 atom stereocenters. The first-order valence-electron chi connectivity index (χ1n) is 7.17. The molecule has 2 aromatic rings. The van der Waals surface area contributed by atoms with Gasteiger partial charge in [-0.05, 0) is 30.7 Å². The molecule has 0 aliphatic carbocycles. The Hall–Kier alpha value is -1.94. The predicted molar refractivity (Wildman–Crippen MR) is 88.4 cm³/mol. The molecule has 130 valence electrons. The SMILES string of the molecule is CS(=O)(=O)Nc1cc(-c2ccc(F)cc2)nn1C1CCS(=O)(=O)C1. The Morgan fingerprint density at radius 1 is 1.29 bits per heavy atom. The van der Waals surface area contributed by atoms with E-state index in [1.54, 1.807) is 0 Å². The number of hydrogen-bond donors (Lipinski definition) is 1. The number of benzene rings is 1. The summed E-state index contributed by atoms with van der Waals surface area (Å²) in [6.45, 7) is 0. The molecule has 24 heavy (non-hydrogen) atoms. The number of sulfonamides is 1. The molecule has 1 unspecified atom stereocenters. The van der Waals surface area contributed by atoms with E-state index >= 15 is 0 Å². The Balaban J connectivity index is 2.04. The maximum absolute atomic E-state index is 13.1. The van der Waals surface area contributed by atoms with E-state index in [9.17, 15) is 21.2 Å². The third-order valence-electron chi connectivity index (χ3n) is 3.72. The van der Waals surface area contributed by atoms with Crippen molar-refractivity contribution in [3.8, 4) is 11.3 Å². The molecule has 0 bridgehead atoms. The molecule has 1 aromatic heterocycles. The monoisotopic (exact) mass is 373 g/mol. The van der Waals surface area contributed by atoms with Gasteiger partial charge in [-0.25, -0.2) is 25.9 Å². The zero-order valence-electron chi connectivity index (χ0n) is 12.8. The van der Waals surface area contributed by atoms with Crippen molar-refractivity contribution in [2.75, 3.05) is 22.5 Å². The normalized spacial score (nSPS) is 20.2. The maximum atomic E-state index is 13.1. The average Bonchev–Trinajstić information content (AvgIpc) is 3.01. The molecule has 1 fully saturated rings. The highest BCUT2D eigenvalue weighted by Crippen LogP contribution is 2.30. The van der Waals surface area contributed by atoms with E-state index in [-0.39, 0.29) is 17.3 Å². The summed E-state index contributed by atoms with van der Waals surface area (Å²) in [4.78, 5) is 0. The molecule has 0 spiro atoms. The molecule has 7 nitrogen and oxygen atoms in total. The van der Waals surface area contributed by atoms with Crippen molar-refractivity contribution in [1.82, 2.24) is 9.78 Å². The highest BCUT2D eigenvalue weighted by atomic mass is 32.2. The lowest BCUT2D eigenvalue weighted by molar-refractivity contribution is 0.507. The van der Waals surface area contributed by atoms with Gasteiger partial charge in [0.25, 0.3) is 0 Å². The van der Waals surface area contributed by atoms with E-state index < -0.39 is 31.7 Å². The van der Waals surface area contributed by atoms with Crippen LogP contribution in [0.1, 0.15) is 12.5 Å². The first-order valence-corrected chi connectivity index (χ1v) is 10.9. The molecule has 1 aromatic carbocycles. The standard InChI is InChI=1S/C14H16FN3O4S2/c1-23(19,20)17-14-8-13(10-2-4-11(15)5-3-10)16-18(14)12-6-7-24(21,22)9-12/h2-5,8,12,17H,6-7,9H2,1H3. The quantitative estimate of drug-likeness (QED) is 0.874. The smallest absolute Gasteiger partial charge is 0.230 e. The van der Waals surface area contributed by atoms with Crippen LogP contribution < -0.4 is 4.72 Å². The van der Waals surface area contributed by atoms with Crippen LogP contribution >= 0.6 is 0 Å². The van der Waals surface area contributed by atoms with Gasteiger partial charge >= 0.3 is 0 Å². The fraction of sp³-hybridized carbons (Fsp3) is 0.357. The molecule has 10 heteroatoms. The number of aromatic nitrogens is 2. The largest absolute Gasteiger partial charge is 0.268 e. The molecular formula is C14H16FN3O4S2. The minimum absolute atomic E-state index is 0.0434. The summed E-state index contributed by atoms with van der Waals surface area (Å²) >= 11 is 0. The Morgan fingerprint density at radius 2 is 1.96 bits per heavy atom. The Kier molecular flexibility index (Phi) is 4.12. The number of nitrogens with one attached hydrogen (secondary N) is 1. The van der Waals surface area contributed by atoms with Gasteiger partial charge in [0.15, 0.2) is 9.84 Å². The van der Waals surface area contributed by atoms with Crippen molar-refractivity contribution >= 4 is 25.7 Å². The number of halogens is 1. The van der Waals surface area contributed by atoms with E-state index in [0.29, 0.717) is 17.7 Å². The second-order valence-corrected chi connectivity index (χ2v) is 9.77. The second-order valence-electron chi connectivity index (χ2n) is 5.80. The van der Waals surface area contributed by atoms with Gasteiger partial charge in [0, 0.05) is 11.6 Å². The lowest BCUT2D eigenvalue weighted by Crippen LogP contribution is -2.18. The molecule has 2 heterocycles. The van der Waals surface area contributed by atoms with Gasteiger partial charge in [-0.2, -0.15) is 5.10 Å². The van der Waals surface area contributed by atoms with Gasteiger partial charge < -0.3 is 0 Å². The number of sulfone groups is 1. The van der Waals surface area contributed by atoms with Crippen LogP contribution in [0.25, 0.3) is 11.3 Å². The molecule has 1 saturated heterocycles. The van der Waals surface area contributed by atoms with Crippen molar-refractivity contribution in [2.24, 2.45) is 0 Å². The molecule has 3 rings (SSSR count). The molecular weight excluding hydrogens is 357 g/mol. The maximum Gasteiger partial charge on any atom is 0.230 e. The first-order chi connectivity index (χ1) is 11.1. The summed E-state index contributed by atoms with van der Waals surface area (Å²) in [5, 5.41) is 4.34. The van der Waals surface area contributed by atoms with Crippen molar-refractivity contribution < 1.29 is 21.2 Å². The van der Waals surface area contributed by atoms with Crippen LogP contribution in [0, 0.1) is 5.82 Å². The minimum atomic E-state index is -3.55. The Bertz CT molecular complexity index is 966. The Labute approximate surface area is 139 Å². The van der Waals surface area contributed by atoms with Gasteiger partial charge in [-0.1, -0.05) is 0 Å². The lowest BCUT2D eigenvalue weighted by atomic mass is 10.1. The summed E-state index contributed by atoms with van der Waals surface area (Å²) < 4.78 is 63.3. The van der Waals surface area contributed by atoms with Crippen molar-refractivity contribution in [1.29, 1.82) is 0 Å². The highest BCUT2D eigenvalue weighted by Gasteiger charge is 2.32. The van der Waals surface area contributed by atoms with Crippen molar-refractivity contribution in [3.63, 3.8) is 0 Å². The van der Waals surface area contributed by atoms with Gasteiger partial charge in [-0.3, -0.25) is 4.72 Å². The number of anilines is 1. The van der Waals surface area contributed by atoms with Gasteiger partial charge in [0.05, 0.1) is 29.5 Å². The zero-order valence-corrected chi connectivity index (χ0v) is 14.4. The number of rotatable bonds is 4. The minimum Gasteiger partial charge on any atom is -0.268 e. The first kappa shape index (κ1) is 16.9. The van der Waals surface area contributed by atoms with Crippen LogP contribution in [0.5, 0.6) is 0 Å². The van der Waals surface area contributed by atoms with Gasteiger partial charge in [0.2, 0.25) is 10.0 Å². The Morgan fingerprint density at radius 3 is 2.50 bits per heavy atom. The van der Waals surface area contributed by atoms with E-state index in [4.69, 9.17) is 0 Å². The van der Waals surface area contributed by atoms with Crippen LogP contribution in [-0.4, -0.2) is 44.4 Å². The van der Waals surface area contributed by atoms with Crippen LogP contribution in [-0.2, 0) is 19.9 Å². The molecule has 0 radical (unpaired) electrons. The fourth-order valence-corrected chi connectivity index (χ4v) is 4.89. The zero-order chi connectivity index (χ0) is 17.5. The summed E-state index contributed by atoms with van der Waals surface area (Å²) in [7, 11) is -6.71. The van der Waals surface area contributed by atoms with Crippen LogP contribution in [0.4, 0.5) is 10.2 Å². The van der Waals surface area contributed by atoms with Crippen molar-refractivity contribution in [2.45, 2.75) is 12.5 Å². The summed E-state index contributed by atoms with van der Waals surface area (Å²) in [6, 6.07) is 6.68. The van der Waals surface area contributed by atoms with E-state index in [0.717, 1.165) is 6.26 Å². The molecule has 0 saturated carbocycles.